The molecule has 0 atom stereocenters. The Morgan fingerprint density at radius 3 is 1.22 bits per heavy atom. The number of benzene rings is 10. The average molecular weight is 825 g/mol. The number of rotatable bonds is 6. The highest BCUT2D eigenvalue weighted by molar-refractivity contribution is 6.98. The summed E-state index contributed by atoms with van der Waals surface area (Å²) in [6.07, 6.45) is 0. The standard InChI is InChI=1S/C62H41BN2/c1-6-22-42(23-7-1)61(43-24-8-2-9-25-43)50-34-20-35-51-58(50)65-59-52(61)36-21-37-54(59)63(46-30-14-5-15-31-46)55-41-47(64-56-38-18-16-32-48(56)49-33-17-19-39-57(49)64)40-53(60(55)65)62(51,44-26-10-3-11-27-44)45-28-12-4-13-29-45/h1-41H. The Kier molecular flexibility index (Phi) is 7.65. The third-order valence-electron chi connectivity index (χ3n) is 14.9. The van der Waals surface area contributed by atoms with Crippen LogP contribution in [0.25, 0.3) is 27.5 Å². The molecule has 0 aliphatic carbocycles. The van der Waals surface area contributed by atoms with E-state index in [4.69, 9.17) is 0 Å². The topological polar surface area (TPSA) is 8.17 Å². The Labute approximate surface area is 379 Å². The van der Waals surface area contributed by atoms with Crippen molar-refractivity contribution in [2.45, 2.75) is 10.8 Å². The highest BCUT2D eigenvalue weighted by atomic mass is 15.2. The normalized spacial score (nSPS) is 14.6. The van der Waals surface area contributed by atoms with Gasteiger partial charge in [0.2, 0.25) is 6.71 Å². The monoisotopic (exact) mass is 824 g/mol. The minimum Gasteiger partial charge on any atom is -0.310 e. The van der Waals surface area contributed by atoms with E-state index in [9.17, 15) is 0 Å². The quantitative estimate of drug-likeness (QED) is 0.152. The van der Waals surface area contributed by atoms with Crippen LogP contribution in [0.4, 0.5) is 17.1 Å². The van der Waals surface area contributed by atoms with Gasteiger partial charge in [0.1, 0.15) is 0 Å². The first-order chi connectivity index (χ1) is 32.3. The highest BCUT2D eigenvalue weighted by Gasteiger charge is 2.57. The molecule has 0 saturated heterocycles. The largest absolute Gasteiger partial charge is 0.310 e. The van der Waals surface area contributed by atoms with Crippen molar-refractivity contribution in [2.24, 2.45) is 0 Å². The van der Waals surface area contributed by atoms with Crippen molar-refractivity contribution in [3.05, 3.63) is 293 Å². The van der Waals surface area contributed by atoms with Crippen molar-refractivity contribution >= 4 is 62.0 Å². The lowest BCUT2D eigenvalue weighted by Gasteiger charge is -2.56. The molecule has 10 aromatic carbocycles. The van der Waals surface area contributed by atoms with Crippen molar-refractivity contribution in [1.82, 2.24) is 4.57 Å². The Morgan fingerprint density at radius 2 is 0.708 bits per heavy atom. The summed E-state index contributed by atoms with van der Waals surface area (Å²) in [5.74, 6) is 0. The number of aromatic nitrogens is 1. The van der Waals surface area contributed by atoms with E-state index in [0.29, 0.717) is 0 Å². The van der Waals surface area contributed by atoms with Gasteiger partial charge in [-0.1, -0.05) is 230 Å². The molecule has 1 aromatic heterocycles. The zero-order valence-corrected chi connectivity index (χ0v) is 35.6. The van der Waals surface area contributed by atoms with Crippen LogP contribution in [0.2, 0.25) is 0 Å². The van der Waals surface area contributed by atoms with Crippen molar-refractivity contribution in [2.75, 3.05) is 4.90 Å². The molecule has 0 radical (unpaired) electrons. The molecule has 0 unspecified atom stereocenters. The van der Waals surface area contributed by atoms with Crippen molar-refractivity contribution < 1.29 is 0 Å². The van der Waals surface area contributed by atoms with E-state index in [1.54, 1.807) is 0 Å². The Morgan fingerprint density at radius 1 is 0.308 bits per heavy atom. The van der Waals surface area contributed by atoms with Gasteiger partial charge in [-0.2, -0.15) is 0 Å². The summed E-state index contributed by atoms with van der Waals surface area (Å²) >= 11 is 0. The van der Waals surface area contributed by atoms with Crippen molar-refractivity contribution in [3.63, 3.8) is 0 Å². The molecular formula is C62H41BN2. The van der Waals surface area contributed by atoms with Gasteiger partial charge in [-0.3, -0.25) is 0 Å². The van der Waals surface area contributed by atoms with Crippen LogP contribution in [0.1, 0.15) is 44.5 Å². The second kappa shape index (κ2) is 13.7. The summed E-state index contributed by atoms with van der Waals surface area (Å²) in [6.45, 7) is -0.0653. The van der Waals surface area contributed by atoms with Gasteiger partial charge in [-0.05, 0) is 79.7 Å². The van der Waals surface area contributed by atoms with Crippen molar-refractivity contribution in [1.29, 1.82) is 0 Å². The lowest BCUT2D eigenvalue weighted by molar-refractivity contribution is 0.690. The zero-order chi connectivity index (χ0) is 42.7. The Bertz CT molecular complexity index is 3520. The minimum absolute atomic E-state index is 0.0653. The third kappa shape index (κ3) is 4.69. The van der Waals surface area contributed by atoms with Crippen LogP contribution in [0.15, 0.2) is 249 Å². The molecule has 0 amide bonds. The zero-order valence-electron chi connectivity index (χ0n) is 35.6. The molecule has 0 N–H and O–H groups in total. The number of para-hydroxylation sites is 4. The van der Waals surface area contributed by atoms with E-state index in [2.05, 4.69) is 258 Å². The van der Waals surface area contributed by atoms with Crippen LogP contribution in [-0.4, -0.2) is 11.3 Å². The van der Waals surface area contributed by atoms with E-state index in [0.717, 1.165) is 5.69 Å². The van der Waals surface area contributed by atoms with Gasteiger partial charge in [0.05, 0.1) is 27.6 Å². The fourth-order valence-electron chi connectivity index (χ4n) is 12.6. The van der Waals surface area contributed by atoms with Gasteiger partial charge >= 0.3 is 0 Å². The Balaban J connectivity index is 1.24. The van der Waals surface area contributed by atoms with Gasteiger partial charge in [0, 0.05) is 27.8 Å². The minimum atomic E-state index is -0.715. The number of hydrogen-bond donors (Lipinski definition) is 0. The fraction of sp³-hybridized carbons (Fsp3) is 0.0323. The van der Waals surface area contributed by atoms with Crippen LogP contribution in [0.5, 0.6) is 0 Å². The number of anilines is 3. The third-order valence-corrected chi connectivity index (χ3v) is 14.9. The summed E-state index contributed by atoms with van der Waals surface area (Å²) < 4.78 is 2.52. The molecule has 4 heterocycles. The summed E-state index contributed by atoms with van der Waals surface area (Å²) in [5.41, 5.74) is 20.1. The summed E-state index contributed by atoms with van der Waals surface area (Å²) in [6, 6.07) is 93.8. The molecule has 3 aliphatic heterocycles. The smallest absolute Gasteiger partial charge is 0.246 e. The second-order valence-corrected chi connectivity index (χ2v) is 17.9. The second-order valence-electron chi connectivity index (χ2n) is 17.9. The molecule has 0 fully saturated rings. The predicted molar refractivity (Wildman–Crippen MR) is 270 cm³/mol. The molecule has 0 saturated carbocycles. The van der Waals surface area contributed by atoms with Crippen LogP contribution in [0.3, 0.4) is 0 Å². The molecule has 0 bridgehead atoms. The number of nitrogens with zero attached hydrogens (tertiary/aromatic N) is 2. The van der Waals surface area contributed by atoms with Gasteiger partial charge in [0.15, 0.2) is 0 Å². The first kappa shape index (κ1) is 36.4. The fourth-order valence-corrected chi connectivity index (χ4v) is 12.6. The lowest BCUT2D eigenvalue weighted by atomic mass is 9.33. The maximum atomic E-state index is 2.71. The summed E-state index contributed by atoms with van der Waals surface area (Å²) in [5, 5.41) is 2.51. The van der Waals surface area contributed by atoms with Gasteiger partial charge in [0.25, 0.3) is 0 Å². The van der Waals surface area contributed by atoms with E-state index >= 15 is 0 Å². The number of fused-ring (bicyclic) bond motifs is 3. The maximum absolute atomic E-state index is 2.71. The van der Waals surface area contributed by atoms with Gasteiger partial charge in [-0.25, -0.2) is 0 Å². The molecular weight excluding hydrogens is 784 g/mol. The van der Waals surface area contributed by atoms with Gasteiger partial charge < -0.3 is 9.47 Å². The van der Waals surface area contributed by atoms with E-state index in [1.165, 1.54) is 99.8 Å². The van der Waals surface area contributed by atoms with E-state index in [1.807, 2.05) is 0 Å². The van der Waals surface area contributed by atoms with Crippen molar-refractivity contribution in [3.8, 4) is 5.69 Å². The van der Waals surface area contributed by atoms with Crippen LogP contribution >= 0.6 is 0 Å². The predicted octanol–water partition coefficient (Wildman–Crippen LogP) is 12.5. The molecule has 2 nitrogen and oxygen atoms in total. The summed E-state index contributed by atoms with van der Waals surface area (Å²) in [7, 11) is 0. The first-order valence-corrected chi connectivity index (χ1v) is 22.8. The highest BCUT2D eigenvalue weighted by Crippen LogP contribution is 2.66. The van der Waals surface area contributed by atoms with Crippen LogP contribution < -0.4 is 21.3 Å². The van der Waals surface area contributed by atoms with E-state index < -0.39 is 10.8 Å². The molecule has 11 aromatic rings. The Hall–Kier alpha value is -8.14. The maximum Gasteiger partial charge on any atom is 0.246 e. The van der Waals surface area contributed by atoms with Crippen LogP contribution in [0, 0.1) is 0 Å². The summed E-state index contributed by atoms with van der Waals surface area (Å²) in [4.78, 5) is 2.71. The molecule has 0 spiro atoms. The molecule has 3 aliphatic rings. The number of hydrogen-bond acceptors (Lipinski definition) is 1. The molecule has 3 heteroatoms. The van der Waals surface area contributed by atoms with Crippen LogP contribution in [-0.2, 0) is 10.8 Å². The first-order valence-electron chi connectivity index (χ1n) is 22.8. The van der Waals surface area contributed by atoms with Gasteiger partial charge in [-0.15, -0.1) is 0 Å². The SMILES string of the molecule is c1ccc(B2c3cccc4c3N3c5c2cc(-n2c6ccccc6c6ccccc62)cc5C(c2ccccc2)(c2ccccc2)c2cccc(c23)C4(c2ccccc2)c2ccccc2)cc1. The average Bonchev–Trinajstić information content (AvgIpc) is 3.72. The van der Waals surface area contributed by atoms with E-state index in [-0.39, 0.29) is 6.71 Å². The molecule has 14 rings (SSSR count). The molecule has 302 valence electrons. The molecule has 65 heavy (non-hydrogen) atoms. The lowest BCUT2D eigenvalue weighted by Crippen LogP contribution is -2.61.